The molecule has 2 nitrogen and oxygen atoms in total. The van der Waals surface area contributed by atoms with Crippen molar-refractivity contribution < 1.29 is 4.79 Å². The van der Waals surface area contributed by atoms with Gasteiger partial charge < -0.3 is 4.90 Å². The molecule has 2 rings (SSSR count). The Morgan fingerprint density at radius 3 is 2.33 bits per heavy atom. The van der Waals surface area contributed by atoms with E-state index in [-0.39, 0.29) is 0 Å². The van der Waals surface area contributed by atoms with E-state index >= 15 is 0 Å². The Kier molecular flexibility index (Phi) is 4.04. The van der Waals surface area contributed by atoms with Crippen LogP contribution in [-0.2, 0) is 4.79 Å². The van der Waals surface area contributed by atoms with Crippen LogP contribution in [0.25, 0.3) is 0 Å². The topological polar surface area (TPSA) is 20.3 Å². The van der Waals surface area contributed by atoms with Gasteiger partial charge in [-0.1, -0.05) is 25.7 Å². The number of piperidine rings is 1. The normalized spacial score (nSPS) is 23.3. The zero-order chi connectivity index (χ0) is 10.5. The fourth-order valence-corrected chi connectivity index (χ4v) is 2.93. The van der Waals surface area contributed by atoms with Gasteiger partial charge >= 0.3 is 0 Å². The predicted molar refractivity (Wildman–Crippen MR) is 61.6 cm³/mol. The minimum absolute atomic E-state index is 0.418. The van der Waals surface area contributed by atoms with Crippen molar-refractivity contribution in [1.29, 1.82) is 0 Å². The second-order valence-electron chi connectivity index (χ2n) is 5.13. The molecule has 86 valence electrons. The Morgan fingerprint density at radius 1 is 1.00 bits per heavy atom. The summed E-state index contributed by atoms with van der Waals surface area (Å²) in [5.74, 6) is 1.28. The molecule has 1 aliphatic heterocycles. The van der Waals surface area contributed by atoms with Crippen LogP contribution in [0, 0.1) is 5.92 Å². The molecule has 2 fully saturated rings. The van der Waals surface area contributed by atoms with Crippen LogP contribution in [0.1, 0.15) is 57.8 Å². The molecule has 15 heavy (non-hydrogen) atoms. The van der Waals surface area contributed by atoms with Crippen molar-refractivity contribution in [2.45, 2.75) is 57.8 Å². The van der Waals surface area contributed by atoms with E-state index in [4.69, 9.17) is 0 Å². The number of hydrogen-bond acceptors (Lipinski definition) is 1. The molecule has 0 aromatic rings. The molecular formula is C13H23NO. The quantitative estimate of drug-likeness (QED) is 0.699. The van der Waals surface area contributed by atoms with E-state index < -0.39 is 0 Å². The number of nitrogens with zero attached hydrogens (tertiary/aromatic N) is 1. The Bertz CT molecular complexity index is 203. The standard InChI is InChI=1S/C13H23NO/c15-13(14-10-4-1-5-11-14)9-8-12-6-2-3-7-12/h12H,1-11H2. The van der Waals surface area contributed by atoms with E-state index in [0.29, 0.717) is 5.91 Å². The van der Waals surface area contributed by atoms with Crippen molar-refractivity contribution >= 4 is 5.91 Å². The molecule has 0 bridgehead atoms. The molecule has 0 unspecified atom stereocenters. The molecule has 0 spiro atoms. The van der Waals surface area contributed by atoms with Gasteiger partial charge in [0.15, 0.2) is 0 Å². The Balaban J connectivity index is 1.66. The maximum absolute atomic E-state index is 11.9. The van der Waals surface area contributed by atoms with Gasteiger partial charge in [0, 0.05) is 19.5 Å². The van der Waals surface area contributed by atoms with Crippen molar-refractivity contribution in [2.75, 3.05) is 13.1 Å². The fraction of sp³-hybridized carbons (Fsp3) is 0.923. The van der Waals surface area contributed by atoms with Crippen LogP contribution < -0.4 is 0 Å². The highest BCUT2D eigenvalue weighted by molar-refractivity contribution is 5.76. The van der Waals surface area contributed by atoms with Crippen molar-refractivity contribution in [1.82, 2.24) is 4.90 Å². The summed E-state index contributed by atoms with van der Waals surface area (Å²) in [5.41, 5.74) is 0. The van der Waals surface area contributed by atoms with Gasteiger partial charge in [0.25, 0.3) is 0 Å². The van der Waals surface area contributed by atoms with Crippen molar-refractivity contribution in [3.63, 3.8) is 0 Å². The summed E-state index contributed by atoms with van der Waals surface area (Å²) in [4.78, 5) is 14.0. The maximum atomic E-state index is 11.9. The van der Waals surface area contributed by atoms with Crippen LogP contribution in [0.4, 0.5) is 0 Å². The molecule has 1 saturated heterocycles. The molecule has 0 aromatic carbocycles. The van der Waals surface area contributed by atoms with Gasteiger partial charge in [-0.25, -0.2) is 0 Å². The average molecular weight is 209 g/mol. The molecule has 1 amide bonds. The Morgan fingerprint density at radius 2 is 1.67 bits per heavy atom. The monoisotopic (exact) mass is 209 g/mol. The van der Waals surface area contributed by atoms with Gasteiger partial charge in [0.05, 0.1) is 0 Å². The smallest absolute Gasteiger partial charge is 0.222 e. The van der Waals surface area contributed by atoms with Crippen LogP contribution in [0.5, 0.6) is 0 Å². The first kappa shape index (κ1) is 11.0. The minimum Gasteiger partial charge on any atom is -0.343 e. The molecule has 2 aliphatic rings. The highest BCUT2D eigenvalue weighted by Crippen LogP contribution is 2.28. The first-order valence-corrected chi connectivity index (χ1v) is 6.64. The molecule has 1 aliphatic carbocycles. The van der Waals surface area contributed by atoms with E-state index in [2.05, 4.69) is 4.90 Å². The molecule has 1 heterocycles. The SMILES string of the molecule is O=C(CCC1CCCC1)N1CCCCC1. The number of carbonyl (C=O) groups excluding carboxylic acids is 1. The molecule has 0 aromatic heterocycles. The van der Waals surface area contributed by atoms with E-state index in [0.717, 1.165) is 31.8 Å². The van der Waals surface area contributed by atoms with Gasteiger partial charge in [-0.3, -0.25) is 4.79 Å². The van der Waals surface area contributed by atoms with Gasteiger partial charge in [-0.05, 0) is 31.6 Å². The summed E-state index contributed by atoms with van der Waals surface area (Å²) in [6.07, 6.45) is 11.2. The second kappa shape index (κ2) is 5.53. The molecule has 0 N–H and O–H groups in total. The van der Waals surface area contributed by atoms with E-state index in [9.17, 15) is 4.79 Å². The van der Waals surface area contributed by atoms with E-state index in [1.807, 2.05) is 0 Å². The van der Waals surface area contributed by atoms with Gasteiger partial charge in [0.2, 0.25) is 5.91 Å². The first-order chi connectivity index (χ1) is 7.36. The third kappa shape index (κ3) is 3.22. The zero-order valence-corrected chi connectivity index (χ0v) is 9.71. The van der Waals surface area contributed by atoms with Crippen molar-refractivity contribution in [3.8, 4) is 0 Å². The highest BCUT2D eigenvalue weighted by atomic mass is 16.2. The van der Waals surface area contributed by atoms with Crippen molar-refractivity contribution in [2.24, 2.45) is 5.92 Å². The van der Waals surface area contributed by atoms with E-state index in [1.54, 1.807) is 0 Å². The largest absolute Gasteiger partial charge is 0.343 e. The second-order valence-corrected chi connectivity index (χ2v) is 5.13. The van der Waals surface area contributed by atoms with Gasteiger partial charge in [-0.2, -0.15) is 0 Å². The lowest BCUT2D eigenvalue weighted by Gasteiger charge is -2.27. The number of amides is 1. The lowest BCUT2D eigenvalue weighted by molar-refractivity contribution is -0.132. The minimum atomic E-state index is 0.418. The first-order valence-electron chi connectivity index (χ1n) is 6.64. The lowest BCUT2D eigenvalue weighted by Crippen LogP contribution is -2.35. The number of likely N-dealkylation sites (tertiary alicyclic amines) is 1. The highest BCUT2D eigenvalue weighted by Gasteiger charge is 2.19. The summed E-state index contributed by atoms with van der Waals surface area (Å²) >= 11 is 0. The van der Waals surface area contributed by atoms with Crippen LogP contribution >= 0.6 is 0 Å². The molecule has 0 atom stereocenters. The Hall–Kier alpha value is -0.530. The molecule has 1 saturated carbocycles. The average Bonchev–Trinajstić information content (AvgIpc) is 2.80. The van der Waals surface area contributed by atoms with Crippen LogP contribution in [-0.4, -0.2) is 23.9 Å². The van der Waals surface area contributed by atoms with E-state index in [1.165, 1.54) is 44.9 Å². The zero-order valence-electron chi connectivity index (χ0n) is 9.71. The summed E-state index contributed by atoms with van der Waals surface area (Å²) in [7, 11) is 0. The third-order valence-corrected chi connectivity index (χ3v) is 3.95. The third-order valence-electron chi connectivity index (χ3n) is 3.95. The summed E-state index contributed by atoms with van der Waals surface area (Å²) < 4.78 is 0. The summed E-state index contributed by atoms with van der Waals surface area (Å²) in [6.45, 7) is 2.03. The molecule has 2 heteroatoms. The number of carbonyl (C=O) groups is 1. The molecular weight excluding hydrogens is 186 g/mol. The fourth-order valence-electron chi connectivity index (χ4n) is 2.93. The van der Waals surface area contributed by atoms with Crippen molar-refractivity contribution in [3.05, 3.63) is 0 Å². The predicted octanol–water partition coefficient (Wildman–Crippen LogP) is 2.97. The summed E-state index contributed by atoms with van der Waals surface area (Å²) in [5, 5.41) is 0. The molecule has 0 radical (unpaired) electrons. The van der Waals surface area contributed by atoms with Gasteiger partial charge in [0.1, 0.15) is 0 Å². The number of hydrogen-bond donors (Lipinski definition) is 0. The van der Waals surface area contributed by atoms with Crippen LogP contribution in [0.3, 0.4) is 0 Å². The maximum Gasteiger partial charge on any atom is 0.222 e. The summed E-state index contributed by atoms with van der Waals surface area (Å²) in [6, 6.07) is 0. The van der Waals surface area contributed by atoms with Crippen LogP contribution in [0.2, 0.25) is 0 Å². The lowest BCUT2D eigenvalue weighted by atomic mass is 10.0. The Labute approximate surface area is 93.0 Å². The number of rotatable bonds is 3. The van der Waals surface area contributed by atoms with Gasteiger partial charge in [-0.15, -0.1) is 0 Å². The van der Waals surface area contributed by atoms with Crippen LogP contribution in [0.15, 0.2) is 0 Å².